The second kappa shape index (κ2) is 9.55. The predicted molar refractivity (Wildman–Crippen MR) is 83.5 cm³/mol. The summed E-state index contributed by atoms with van der Waals surface area (Å²) in [7, 11) is 0. The summed E-state index contributed by atoms with van der Waals surface area (Å²) in [4.78, 5) is 0. The van der Waals surface area contributed by atoms with Crippen LogP contribution in [0.3, 0.4) is 0 Å². The highest BCUT2D eigenvalue weighted by Gasteiger charge is 2.26. The molecular weight excluding hydrogens is 236 g/mol. The van der Waals surface area contributed by atoms with Gasteiger partial charge in [0.2, 0.25) is 0 Å². The van der Waals surface area contributed by atoms with Crippen LogP contribution in [0.15, 0.2) is 12.7 Å². The molecule has 0 aromatic carbocycles. The van der Waals surface area contributed by atoms with Gasteiger partial charge in [-0.05, 0) is 25.2 Å². The Morgan fingerprint density at radius 2 is 1.53 bits per heavy atom. The summed E-state index contributed by atoms with van der Waals surface area (Å²) in [5, 5.41) is 0. The molecule has 1 unspecified atom stereocenters. The summed E-state index contributed by atoms with van der Waals surface area (Å²) in [6.45, 7) is 18.0. The van der Waals surface area contributed by atoms with Crippen LogP contribution in [0.2, 0.25) is 0 Å². The average Bonchev–Trinajstić information content (AvgIpc) is 2.47. The molecule has 0 aromatic rings. The van der Waals surface area contributed by atoms with E-state index in [-0.39, 0.29) is 5.41 Å². The van der Waals surface area contributed by atoms with Gasteiger partial charge in [0.15, 0.2) is 0 Å². The highest BCUT2D eigenvalue weighted by atomic mass is 16.5. The van der Waals surface area contributed by atoms with Gasteiger partial charge in [-0.15, -0.1) is 6.58 Å². The van der Waals surface area contributed by atoms with Crippen LogP contribution in [0.1, 0.15) is 60.3 Å². The van der Waals surface area contributed by atoms with Crippen LogP contribution < -0.4 is 0 Å². The van der Waals surface area contributed by atoms with Gasteiger partial charge in [0.25, 0.3) is 0 Å². The van der Waals surface area contributed by atoms with E-state index in [1.165, 1.54) is 12.8 Å². The third kappa shape index (κ3) is 6.58. The van der Waals surface area contributed by atoms with E-state index in [4.69, 9.17) is 9.47 Å². The summed E-state index contributed by atoms with van der Waals surface area (Å²) in [6.07, 6.45) is 6.57. The van der Waals surface area contributed by atoms with Crippen LogP contribution in [0, 0.1) is 10.8 Å². The molecule has 0 aliphatic carbocycles. The summed E-state index contributed by atoms with van der Waals surface area (Å²) in [6, 6.07) is 0. The molecule has 0 aliphatic rings. The Hall–Kier alpha value is -0.340. The van der Waals surface area contributed by atoms with Crippen molar-refractivity contribution in [3.8, 4) is 0 Å². The molecule has 114 valence electrons. The fourth-order valence-corrected chi connectivity index (χ4v) is 2.01. The second-order valence-corrected chi connectivity index (χ2v) is 5.88. The molecule has 0 aromatic heterocycles. The van der Waals surface area contributed by atoms with Crippen molar-refractivity contribution >= 4 is 0 Å². The molecule has 0 heterocycles. The normalized spacial score (nSPS) is 15.2. The zero-order valence-corrected chi connectivity index (χ0v) is 13.8. The minimum absolute atomic E-state index is 0.0230. The molecule has 0 saturated carbocycles. The third-order valence-corrected chi connectivity index (χ3v) is 4.68. The van der Waals surface area contributed by atoms with E-state index in [0.29, 0.717) is 12.0 Å². The Labute approximate surface area is 120 Å². The maximum Gasteiger partial charge on any atom is 0.0579 e. The van der Waals surface area contributed by atoms with Crippen molar-refractivity contribution in [1.29, 1.82) is 0 Å². The van der Waals surface area contributed by atoms with Gasteiger partial charge in [0, 0.05) is 18.6 Å². The van der Waals surface area contributed by atoms with Crippen LogP contribution in [-0.2, 0) is 9.47 Å². The van der Waals surface area contributed by atoms with E-state index in [0.717, 1.165) is 32.7 Å². The van der Waals surface area contributed by atoms with Crippen molar-refractivity contribution < 1.29 is 9.47 Å². The molecule has 0 N–H and O–H groups in total. The van der Waals surface area contributed by atoms with Gasteiger partial charge in [-0.1, -0.05) is 46.6 Å². The topological polar surface area (TPSA) is 18.5 Å². The smallest absolute Gasteiger partial charge is 0.0579 e. The van der Waals surface area contributed by atoms with Gasteiger partial charge >= 0.3 is 0 Å². The molecule has 2 nitrogen and oxygen atoms in total. The van der Waals surface area contributed by atoms with Crippen LogP contribution >= 0.6 is 0 Å². The highest BCUT2D eigenvalue weighted by Crippen LogP contribution is 2.30. The third-order valence-electron chi connectivity index (χ3n) is 4.68. The molecule has 2 heteroatoms. The monoisotopic (exact) mass is 270 g/mol. The standard InChI is InChI=1S/C17H34O2/c1-7-16(6,8-2)12-13-19-15-17(9-3,10-4)14-18-11-5/h9H,3,7-8,10-15H2,1-2,4-6H3. The van der Waals surface area contributed by atoms with E-state index in [2.05, 4.69) is 34.3 Å². The molecule has 0 fully saturated rings. The first-order valence-corrected chi connectivity index (χ1v) is 7.80. The zero-order valence-electron chi connectivity index (χ0n) is 13.8. The van der Waals surface area contributed by atoms with Crippen molar-refractivity contribution in [2.45, 2.75) is 60.3 Å². The van der Waals surface area contributed by atoms with Gasteiger partial charge in [0.05, 0.1) is 13.2 Å². The molecule has 1 atom stereocenters. The lowest BCUT2D eigenvalue weighted by Gasteiger charge is -2.30. The van der Waals surface area contributed by atoms with Crippen molar-refractivity contribution in [3.05, 3.63) is 12.7 Å². The van der Waals surface area contributed by atoms with Crippen molar-refractivity contribution in [2.75, 3.05) is 26.4 Å². The molecule has 0 rings (SSSR count). The largest absolute Gasteiger partial charge is 0.381 e. The van der Waals surface area contributed by atoms with Crippen LogP contribution in [0.4, 0.5) is 0 Å². The van der Waals surface area contributed by atoms with E-state index >= 15 is 0 Å². The maximum absolute atomic E-state index is 5.93. The highest BCUT2D eigenvalue weighted by molar-refractivity contribution is 4.94. The fourth-order valence-electron chi connectivity index (χ4n) is 2.01. The van der Waals surface area contributed by atoms with E-state index in [9.17, 15) is 0 Å². The first-order chi connectivity index (χ1) is 9.01. The number of rotatable bonds is 12. The molecular formula is C17H34O2. The lowest BCUT2D eigenvalue weighted by molar-refractivity contribution is -0.00403. The molecule has 0 radical (unpaired) electrons. The van der Waals surface area contributed by atoms with E-state index in [1.807, 2.05) is 13.0 Å². The van der Waals surface area contributed by atoms with Crippen LogP contribution in [0.25, 0.3) is 0 Å². The number of hydrogen-bond acceptors (Lipinski definition) is 2. The second-order valence-electron chi connectivity index (χ2n) is 5.88. The molecule has 0 saturated heterocycles. The summed E-state index contributed by atoms with van der Waals surface area (Å²) >= 11 is 0. The first kappa shape index (κ1) is 18.7. The Bertz CT molecular complexity index is 233. The quantitative estimate of drug-likeness (QED) is 0.373. The lowest BCUT2D eigenvalue weighted by Crippen LogP contribution is -2.30. The Morgan fingerprint density at radius 3 is 1.95 bits per heavy atom. The molecule has 19 heavy (non-hydrogen) atoms. The minimum atomic E-state index is -0.0230. The average molecular weight is 270 g/mol. The van der Waals surface area contributed by atoms with E-state index < -0.39 is 0 Å². The van der Waals surface area contributed by atoms with Crippen molar-refractivity contribution in [3.63, 3.8) is 0 Å². The molecule has 0 aliphatic heterocycles. The summed E-state index contributed by atoms with van der Waals surface area (Å²) < 4.78 is 11.5. The van der Waals surface area contributed by atoms with Gasteiger partial charge < -0.3 is 9.47 Å². The Morgan fingerprint density at radius 1 is 0.947 bits per heavy atom. The zero-order chi connectivity index (χ0) is 14.8. The van der Waals surface area contributed by atoms with Crippen molar-refractivity contribution in [1.82, 2.24) is 0 Å². The SMILES string of the molecule is C=CC(CC)(COCC)COCCC(C)(CC)CC. The summed E-state index contributed by atoms with van der Waals surface area (Å²) in [5.41, 5.74) is 0.397. The van der Waals surface area contributed by atoms with Crippen LogP contribution in [0.5, 0.6) is 0 Å². The van der Waals surface area contributed by atoms with Gasteiger partial charge in [0.1, 0.15) is 0 Å². The molecule has 0 amide bonds. The Kier molecular flexibility index (Phi) is 9.38. The van der Waals surface area contributed by atoms with E-state index in [1.54, 1.807) is 0 Å². The molecule has 0 bridgehead atoms. The van der Waals surface area contributed by atoms with Crippen LogP contribution in [-0.4, -0.2) is 26.4 Å². The predicted octanol–water partition coefficient (Wildman–Crippen LogP) is 4.84. The van der Waals surface area contributed by atoms with Gasteiger partial charge in [-0.25, -0.2) is 0 Å². The van der Waals surface area contributed by atoms with Crippen molar-refractivity contribution in [2.24, 2.45) is 10.8 Å². The Balaban J connectivity index is 4.16. The maximum atomic E-state index is 5.93. The minimum Gasteiger partial charge on any atom is -0.381 e. The fraction of sp³-hybridized carbons (Fsp3) is 0.882. The lowest BCUT2D eigenvalue weighted by atomic mass is 9.82. The first-order valence-electron chi connectivity index (χ1n) is 7.80. The van der Waals surface area contributed by atoms with Gasteiger partial charge in [-0.2, -0.15) is 0 Å². The van der Waals surface area contributed by atoms with Gasteiger partial charge in [-0.3, -0.25) is 0 Å². The number of hydrogen-bond donors (Lipinski definition) is 0. The molecule has 0 spiro atoms. The number of ether oxygens (including phenoxy) is 2. The summed E-state index contributed by atoms with van der Waals surface area (Å²) in [5.74, 6) is 0.